The van der Waals surface area contributed by atoms with E-state index in [0.717, 1.165) is 6.07 Å². The number of hydrogen-bond donors (Lipinski definition) is 3. The maximum absolute atomic E-state index is 13.5. The van der Waals surface area contributed by atoms with Crippen LogP contribution in [0.15, 0.2) is 18.2 Å². The van der Waals surface area contributed by atoms with Gasteiger partial charge in [0.2, 0.25) is 0 Å². The van der Waals surface area contributed by atoms with Crippen molar-refractivity contribution in [2.75, 3.05) is 11.9 Å². The molecule has 0 fully saturated rings. The van der Waals surface area contributed by atoms with E-state index >= 15 is 0 Å². The number of rotatable bonds is 3. The van der Waals surface area contributed by atoms with E-state index in [1.54, 1.807) is 20.8 Å². The normalized spacial score (nSPS) is 12.9. The standard InChI is InChI=1S/C13H19FN2O3/c1-13(2,3)19-12(18)16-8-4-5-10(14)9(6-8)11(17)7-15/h4-6,11,17H,7,15H2,1-3H3,(H,16,18). The monoisotopic (exact) mass is 270 g/mol. The van der Waals surface area contributed by atoms with Gasteiger partial charge in [0, 0.05) is 17.8 Å². The van der Waals surface area contributed by atoms with Crippen molar-refractivity contribution in [2.24, 2.45) is 5.73 Å². The molecule has 0 spiro atoms. The zero-order valence-corrected chi connectivity index (χ0v) is 11.2. The molecule has 0 saturated heterocycles. The summed E-state index contributed by atoms with van der Waals surface area (Å²) in [7, 11) is 0. The predicted octanol–water partition coefficient (Wildman–Crippen LogP) is 2.16. The quantitative estimate of drug-likeness (QED) is 0.785. The Balaban J connectivity index is 2.83. The molecule has 0 heterocycles. The van der Waals surface area contributed by atoms with Crippen LogP contribution in [0.3, 0.4) is 0 Å². The molecule has 5 nitrogen and oxygen atoms in total. The lowest BCUT2D eigenvalue weighted by Crippen LogP contribution is -2.27. The highest BCUT2D eigenvalue weighted by molar-refractivity contribution is 5.85. The first-order valence-corrected chi connectivity index (χ1v) is 5.90. The highest BCUT2D eigenvalue weighted by atomic mass is 19.1. The maximum Gasteiger partial charge on any atom is 0.412 e. The lowest BCUT2D eigenvalue weighted by Gasteiger charge is -2.20. The molecule has 1 aromatic rings. The number of anilines is 1. The third kappa shape index (κ3) is 4.84. The Morgan fingerprint density at radius 2 is 2.16 bits per heavy atom. The van der Waals surface area contributed by atoms with Gasteiger partial charge in [0.05, 0.1) is 6.10 Å². The number of aliphatic hydroxyl groups is 1. The Morgan fingerprint density at radius 3 is 2.68 bits per heavy atom. The molecule has 1 unspecified atom stereocenters. The molecule has 0 aliphatic carbocycles. The summed E-state index contributed by atoms with van der Waals surface area (Å²) in [5.74, 6) is -0.576. The van der Waals surface area contributed by atoms with Gasteiger partial charge < -0.3 is 15.6 Å². The summed E-state index contributed by atoms with van der Waals surface area (Å²) in [5.41, 5.74) is 5.03. The molecule has 1 rings (SSSR count). The fourth-order valence-electron chi connectivity index (χ4n) is 1.43. The van der Waals surface area contributed by atoms with E-state index in [1.807, 2.05) is 0 Å². The first-order valence-electron chi connectivity index (χ1n) is 5.90. The van der Waals surface area contributed by atoms with Gasteiger partial charge in [-0.3, -0.25) is 5.32 Å². The first-order chi connectivity index (χ1) is 8.73. The highest BCUT2D eigenvalue weighted by Crippen LogP contribution is 2.21. The van der Waals surface area contributed by atoms with Crippen LogP contribution in [-0.2, 0) is 4.74 Å². The van der Waals surface area contributed by atoms with Crippen molar-refractivity contribution in [1.82, 2.24) is 0 Å². The van der Waals surface area contributed by atoms with Gasteiger partial charge in [-0.25, -0.2) is 9.18 Å². The summed E-state index contributed by atoms with van der Waals surface area (Å²) >= 11 is 0. The predicted molar refractivity (Wildman–Crippen MR) is 70.3 cm³/mol. The molecular weight excluding hydrogens is 251 g/mol. The number of aliphatic hydroxyl groups excluding tert-OH is 1. The van der Waals surface area contributed by atoms with Crippen LogP contribution in [0.2, 0.25) is 0 Å². The molecule has 0 aliphatic rings. The van der Waals surface area contributed by atoms with Crippen LogP contribution in [-0.4, -0.2) is 23.3 Å². The molecule has 0 aliphatic heterocycles. The third-order valence-electron chi connectivity index (χ3n) is 2.22. The average molecular weight is 270 g/mol. The van der Waals surface area contributed by atoms with Crippen molar-refractivity contribution in [3.63, 3.8) is 0 Å². The molecule has 0 bridgehead atoms. The van der Waals surface area contributed by atoms with E-state index in [0.29, 0.717) is 5.69 Å². The maximum atomic E-state index is 13.5. The number of halogens is 1. The molecule has 4 N–H and O–H groups in total. The third-order valence-corrected chi connectivity index (χ3v) is 2.22. The smallest absolute Gasteiger partial charge is 0.412 e. The number of carbonyl (C=O) groups is 1. The van der Waals surface area contributed by atoms with Crippen LogP contribution < -0.4 is 11.1 Å². The molecule has 0 aromatic heterocycles. The van der Waals surface area contributed by atoms with Crippen LogP contribution in [0.1, 0.15) is 32.4 Å². The number of nitrogens with one attached hydrogen (secondary N) is 1. The SMILES string of the molecule is CC(C)(C)OC(=O)Nc1ccc(F)c(C(O)CN)c1. The van der Waals surface area contributed by atoms with Gasteiger partial charge in [0.1, 0.15) is 11.4 Å². The van der Waals surface area contributed by atoms with Gasteiger partial charge in [-0.2, -0.15) is 0 Å². The number of benzene rings is 1. The van der Waals surface area contributed by atoms with Gasteiger partial charge in [-0.1, -0.05) is 0 Å². The van der Waals surface area contributed by atoms with Gasteiger partial charge >= 0.3 is 6.09 Å². The van der Waals surface area contributed by atoms with E-state index in [2.05, 4.69) is 5.32 Å². The molecule has 0 radical (unpaired) electrons. The van der Waals surface area contributed by atoms with Crippen LogP contribution >= 0.6 is 0 Å². The number of ether oxygens (including phenoxy) is 1. The van der Waals surface area contributed by atoms with Crippen LogP contribution in [0, 0.1) is 5.82 Å². The molecule has 0 saturated carbocycles. The van der Waals surface area contributed by atoms with Crippen LogP contribution in [0.4, 0.5) is 14.9 Å². The minimum Gasteiger partial charge on any atom is -0.444 e. The average Bonchev–Trinajstić information content (AvgIpc) is 2.28. The summed E-state index contributed by atoms with van der Waals surface area (Å²) in [5, 5.41) is 12.0. The zero-order valence-electron chi connectivity index (χ0n) is 11.2. The molecule has 1 amide bonds. The lowest BCUT2D eigenvalue weighted by atomic mass is 10.1. The molecule has 1 atom stereocenters. The van der Waals surface area contributed by atoms with E-state index in [9.17, 15) is 14.3 Å². The van der Waals surface area contributed by atoms with E-state index in [1.165, 1.54) is 12.1 Å². The second-order valence-corrected chi connectivity index (χ2v) is 5.11. The Kier molecular flexibility index (Phi) is 4.85. The van der Waals surface area contributed by atoms with E-state index in [-0.39, 0.29) is 12.1 Å². The van der Waals surface area contributed by atoms with Crippen molar-refractivity contribution < 1.29 is 19.0 Å². The molecule has 19 heavy (non-hydrogen) atoms. The fourth-order valence-corrected chi connectivity index (χ4v) is 1.43. The minimum atomic E-state index is -1.11. The Labute approximate surface area is 111 Å². The number of nitrogens with two attached hydrogens (primary N) is 1. The van der Waals surface area contributed by atoms with Crippen molar-refractivity contribution in [1.29, 1.82) is 0 Å². The Bertz CT molecular complexity index is 458. The van der Waals surface area contributed by atoms with Crippen LogP contribution in [0.25, 0.3) is 0 Å². The van der Waals surface area contributed by atoms with Gasteiger partial charge in [0.25, 0.3) is 0 Å². The van der Waals surface area contributed by atoms with E-state index in [4.69, 9.17) is 10.5 Å². The molecule has 106 valence electrons. The summed E-state index contributed by atoms with van der Waals surface area (Å²) in [4.78, 5) is 11.5. The van der Waals surface area contributed by atoms with Gasteiger partial charge in [-0.05, 0) is 39.0 Å². The lowest BCUT2D eigenvalue weighted by molar-refractivity contribution is 0.0636. The van der Waals surface area contributed by atoms with E-state index < -0.39 is 23.6 Å². The van der Waals surface area contributed by atoms with Crippen molar-refractivity contribution in [3.8, 4) is 0 Å². The Hall–Kier alpha value is -1.66. The second kappa shape index (κ2) is 5.99. The van der Waals surface area contributed by atoms with Crippen LogP contribution in [0.5, 0.6) is 0 Å². The molecular formula is C13H19FN2O3. The number of amides is 1. The van der Waals surface area contributed by atoms with Crippen molar-refractivity contribution in [2.45, 2.75) is 32.5 Å². The Morgan fingerprint density at radius 1 is 1.53 bits per heavy atom. The number of carbonyl (C=O) groups excluding carboxylic acids is 1. The van der Waals surface area contributed by atoms with Gasteiger partial charge in [-0.15, -0.1) is 0 Å². The summed E-state index contributed by atoms with van der Waals surface area (Å²) in [6.45, 7) is 5.11. The zero-order chi connectivity index (χ0) is 14.6. The minimum absolute atomic E-state index is 0.0380. The summed E-state index contributed by atoms with van der Waals surface area (Å²) in [6.07, 6.45) is -1.76. The summed E-state index contributed by atoms with van der Waals surface area (Å²) in [6, 6.07) is 3.86. The number of hydrogen-bond acceptors (Lipinski definition) is 4. The largest absolute Gasteiger partial charge is 0.444 e. The fraction of sp³-hybridized carbons (Fsp3) is 0.462. The van der Waals surface area contributed by atoms with Crippen molar-refractivity contribution in [3.05, 3.63) is 29.6 Å². The van der Waals surface area contributed by atoms with Gasteiger partial charge in [0.15, 0.2) is 0 Å². The first kappa shape index (κ1) is 15.4. The second-order valence-electron chi connectivity index (χ2n) is 5.11. The molecule has 1 aromatic carbocycles. The topological polar surface area (TPSA) is 84.6 Å². The van der Waals surface area contributed by atoms with Crippen molar-refractivity contribution >= 4 is 11.8 Å². The molecule has 6 heteroatoms. The summed E-state index contributed by atoms with van der Waals surface area (Å²) < 4.78 is 18.5. The highest BCUT2D eigenvalue weighted by Gasteiger charge is 2.17.